The van der Waals surface area contributed by atoms with Gasteiger partial charge in [0.25, 0.3) is 0 Å². The van der Waals surface area contributed by atoms with Gasteiger partial charge in [0.15, 0.2) is 0 Å². The van der Waals surface area contributed by atoms with Crippen LogP contribution in [0.2, 0.25) is 0 Å². The van der Waals surface area contributed by atoms with E-state index in [1.165, 1.54) is 24.1 Å². The van der Waals surface area contributed by atoms with E-state index in [4.69, 9.17) is 22.9 Å². The summed E-state index contributed by atoms with van der Waals surface area (Å²) >= 11 is 7.34. The monoisotopic (exact) mass is 321 g/mol. The topological polar surface area (TPSA) is 42.2 Å². The number of hydrogen-bond acceptors (Lipinski definition) is 4. The van der Waals surface area contributed by atoms with Crippen LogP contribution in [0.1, 0.15) is 43.5 Å². The Kier molecular flexibility index (Phi) is 4.41. The van der Waals surface area contributed by atoms with Crippen molar-refractivity contribution in [3.8, 4) is 0 Å². The lowest BCUT2D eigenvalue weighted by atomic mass is 9.94. The third kappa shape index (κ3) is 3.19. The molecule has 3 rings (SSSR count). The molecule has 2 atom stereocenters. The molecule has 0 bridgehead atoms. The molecule has 0 radical (unpaired) electrons. The highest BCUT2D eigenvalue weighted by Gasteiger charge is 2.27. The minimum Gasteiger partial charge on any atom is -0.389 e. The first-order valence-electron chi connectivity index (χ1n) is 7.77. The maximum atomic E-state index is 5.98. The van der Waals surface area contributed by atoms with Gasteiger partial charge in [-0.25, -0.2) is 4.98 Å². The van der Waals surface area contributed by atoms with E-state index in [1.54, 1.807) is 0 Å². The summed E-state index contributed by atoms with van der Waals surface area (Å²) in [5, 5.41) is 1.23. The Hall–Kier alpha value is -0.810. The first-order chi connectivity index (χ1) is 10.0. The molecule has 5 heteroatoms. The van der Waals surface area contributed by atoms with Crippen LogP contribution in [0.25, 0.3) is 0 Å². The van der Waals surface area contributed by atoms with E-state index in [9.17, 15) is 0 Å². The molecular weight excluding hydrogens is 298 g/mol. The maximum Gasteiger partial charge on any atom is 0.139 e. The normalized spacial score (nSPS) is 25.5. The summed E-state index contributed by atoms with van der Waals surface area (Å²) < 4.78 is 0. The number of nitrogens with zero attached hydrogens (tertiary/aromatic N) is 2. The summed E-state index contributed by atoms with van der Waals surface area (Å²) in [6.45, 7) is 6.62. The number of thiocarbonyl (C=S) groups is 1. The maximum absolute atomic E-state index is 5.98. The number of pyridine rings is 1. The van der Waals surface area contributed by atoms with Gasteiger partial charge in [-0.1, -0.05) is 26.1 Å². The smallest absolute Gasteiger partial charge is 0.139 e. The fourth-order valence-electron chi connectivity index (χ4n) is 3.40. The second-order valence-electron chi connectivity index (χ2n) is 6.20. The van der Waals surface area contributed by atoms with Gasteiger partial charge in [-0.05, 0) is 37.3 Å². The zero-order valence-electron chi connectivity index (χ0n) is 12.8. The van der Waals surface area contributed by atoms with Gasteiger partial charge >= 0.3 is 0 Å². The van der Waals surface area contributed by atoms with Gasteiger partial charge < -0.3 is 10.6 Å². The van der Waals surface area contributed by atoms with Crippen LogP contribution in [0.5, 0.6) is 0 Å². The molecule has 1 fully saturated rings. The lowest BCUT2D eigenvalue weighted by molar-refractivity contribution is 0.659. The summed E-state index contributed by atoms with van der Waals surface area (Å²) in [5.74, 6) is 1.02. The molecule has 1 aliphatic carbocycles. The van der Waals surface area contributed by atoms with Crippen molar-refractivity contribution >= 4 is 34.8 Å². The summed E-state index contributed by atoms with van der Waals surface area (Å²) in [7, 11) is 0. The largest absolute Gasteiger partial charge is 0.389 e. The molecule has 21 heavy (non-hydrogen) atoms. The van der Waals surface area contributed by atoms with Crippen LogP contribution in [-0.2, 0) is 12.8 Å². The molecular formula is C16H23N3S2. The van der Waals surface area contributed by atoms with E-state index in [-0.39, 0.29) is 0 Å². The molecule has 1 aromatic rings. The predicted molar refractivity (Wildman–Crippen MR) is 95.5 cm³/mol. The highest BCUT2D eigenvalue weighted by Crippen LogP contribution is 2.32. The molecule has 0 saturated carbocycles. The number of rotatable bonds is 2. The van der Waals surface area contributed by atoms with Crippen LogP contribution in [0, 0.1) is 0 Å². The number of fused-ring (bicyclic) bond motifs is 1. The van der Waals surface area contributed by atoms with Gasteiger partial charge in [0.05, 0.1) is 5.56 Å². The lowest BCUT2D eigenvalue weighted by Crippen LogP contribution is -2.42. The molecule has 1 saturated heterocycles. The summed E-state index contributed by atoms with van der Waals surface area (Å²) in [6.07, 6.45) is 4.70. The molecule has 0 amide bonds. The Balaban J connectivity index is 2.01. The quantitative estimate of drug-likeness (QED) is 0.848. The molecule has 0 aromatic carbocycles. The molecule has 3 nitrogen and oxygen atoms in total. The minimum absolute atomic E-state index is 0.476. The van der Waals surface area contributed by atoms with Crippen molar-refractivity contribution in [3.05, 3.63) is 22.9 Å². The molecule has 1 aliphatic heterocycles. The van der Waals surface area contributed by atoms with Crippen LogP contribution in [0.4, 0.5) is 5.82 Å². The highest BCUT2D eigenvalue weighted by molar-refractivity contribution is 8.00. The van der Waals surface area contributed by atoms with Crippen molar-refractivity contribution in [1.82, 2.24) is 4.98 Å². The fourth-order valence-corrected chi connectivity index (χ4v) is 4.87. The molecule has 2 aliphatic rings. The van der Waals surface area contributed by atoms with E-state index in [0.717, 1.165) is 37.3 Å². The molecule has 2 N–H and O–H groups in total. The van der Waals surface area contributed by atoms with E-state index in [2.05, 4.69) is 24.8 Å². The Morgan fingerprint density at radius 2 is 1.95 bits per heavy atom. The van der Waals surface area contributed by atoms with Crippen molar-refractivity contribution in [3.63, 3.8) is 0 Å². The average Bonchev–Trinajstić information content (AvgIpc) is 2.44. The molecule has 0 spiro atoms. The standard InChI is InChI=1S/C16H23N3S2/c1-10-8-19(9-11(2)21-10)16-13(15(17)20)7-12-5-3-4-6-14(12)18-16/h7,10-11H,3-6,8-9H2,1-2H3,(H2,17,20). The Morgan fingerprint density at radius 1 is 1.29 bits per heavy atom. The predicted octanol–water partition coefficient (Wildman–Crippen LogP) is 2.92. The second kappa shape index (κ2) is 6.13. The van der Waals surface area contributed by atoms with Gasteiger partial charge in [-0.3, -0.25) is 0 Å². The summed E-state index contributed by atoms with van der Waals surface area (Å²) in [4.78, 5) is 7.84. The van der Waals surface area contributed by atoms with E-state index in [0.29, 0.717) is 15.5 Å². The number of aromatic nitrogens is 1. The number of aryl methyl sites for hydroxylation is 2. The zero-order chi connectivity index (χ0) is 15.0. The Labute approximate surface area is 136 Å². The second-order valence-corrected chi connectivity index (χ2v) is 8.52. The first kappa shape index (κ1) is 15.1. The van der Waals surface area contributed by atoms with Crippen molar-refractivity contribution in [2.75, 3.05) is 18.0 Å². The number of anilines is 1. The van der Waals surface area contributed by atoms with Crippen molar-refractivity contribution in [2.45, 2.75) is 50.0 Å². The SMILES string of the molecule is CC1CN(c2nc3c(cc2C(N)=S)CCCC3)CC(C)S1. The van der Waals surface area contributed by atoms with Gasteiger partial charge in [-0.2, -0.15) is 11.8 Å². The van der Waals surface area contributed by atoms with Crippen LogP contribution < -0.4 is 10.6 Å². The molecule has 1 aromatic heterocycles. The molecule has 114 valence electrons. The lowest BCUT2D eigenvalue weighted by Gasteiger charge is -2.37. The summed E-state index contributed by atoms with van der Waals surface area (Å²) in [6, 6.07) is 2.20. The van der Waals surface area contributed by atoms with Crippen LogP contribution >= 0.6 is 24.0 Å². The van der Waals surface area contributed by atoms with E-state index >= 15 is 0 Å². The van der Waals surface area contributed by atoms with Crippen molar-refractivity contribution < 1.29 is 0 Å². The van der Waals surface area contributed by atoms with Gasteiger partial charge in [0.1, 0.15) is 10.8 Å². The van der Waals surface area contributed by atoms with E-state index < -0.39 is 0 Å². The number of nitrogens with two attached hydrogens (primary N) is 1. The van der Waals surface area contributed by atoms with Gasteiger partial charge in [0, 0.05) is 29.3 Å². The average molecular weight is 322 g/mol. The summed E-state index contributed by atoms with van der Waals surface area (Å²) in [5.41, 5.74) is 9.56. The third-order valence-corrected chi connectivity index (χ3v) is 5.71. The number of thioether (sulfide) groups is 1. The van der Waals surface area contributed by atoms with Gasteiger partial charge in [0.2, 0.25) is 0 Å². The number of hydrogen-bond donors (Lipinski definition) is 1. The molecule has 2 unspecified atom stereocenters. The van der Waals surface area contributed by atoms with Gasteiger partial charge in [-0.15, -0.1) is 0 Å². The Bertz CT molecular complexity index is 549. The minimum atomic E-state index is 0.476. The third-order valence-electron chi connectivity index (χ3n) is 4.27. The van der Waals surface area contributed by atoms with Crippen LogP contribution in [0.3, 0.4) is 0 Å². The zero-order valence-corrected chi connectivity index (χ0v) is 14.4. The fraction of sp³-hybridized carbons (Fsp3) is 0.625. The Morgan fingerprint density at radius 3 is 2.62 bits per heavy atom. The van der Waals surface area contributed by atoms with Crippen LogP contribution in [0.15, 0.2) is 6.07 Å². The van der Waals surface area contributed by atoms with E-state index in [1.807, 2.05) is 11.8 Å². The van der Waals surface area contributed by atoms with Crippen molar-refractivity contribution in [2.24, 2.45) is 5.73 Å². The first-order valence-corrected chi connectivity index (χ1v) is 9.12. The van der Waals surface area contributed by atoms with Crippen LogP contribution in [-0.4, -0.2) is 33.6 Å². The molecule has 2 heterocycles. The highest BCUT2D eigenvalue weighted by atomic mass is 32.2. The van der Waals surface area contributed by atoms with Crippen molar-refractivity contribution in [1.29, 1.82) is 0 Å².